The maximum atomic E-state index is 3.72. The molecule has 0 radical (unpaired) electrons. The molecule has 2 aliphatic rings. The van der Waals surface area contributed by atoms with E-state index < -0.39 is 5.41 Å². The van der Waals surface area contributed by atoms with Gasteiger partial charge >= 0.3 is 0 Å². The predicted octanol–water partition coefficient (Wildman–Crippen LogP) is 8.93. The van der Waals surface area contributed by atoms with Gasteiger partial charge in [0.15, 0.2) is 0 Å². The highest BCUT2D eigenvalue weighted by atomic mass is 79.9. The molecule has 1 aliphatic carbocycles. The van der Waals surface area contributed by atoms with E-state index >= 15 is 0 Å². The molecule has 1 atom stereocenters. The van der Waals surface area contributed by atoms with Gasteiger partial charge in [-0.15, -0.1) is 0 Å². The van der Waals surface area contributed by atoms with E-state index in [1.165, 1.54) is 53.9 Å². The summed E-state index contributed by atoms with van der Waals surface area (Å²) >= 11 is 5.63. The van der Waals surface area contributed by atoms with E-state index in [0.717, 1.165) is 4.47 Å². The molecule has 0 saturated carbocycles. The Labute approximate surface area is 206 Å². The topological polar surface area (TPSA) is 0 Å². The van der Waals surface area contributed by atoms with Gasteiger partial charge in [-0.1, -0.05) is 125 Å². The van der Waals surface area contributed by atoms with Crippen LogP contribution in [0.4, 0.5) is 0 Å². The zero-order chi connectivity index (χ0) is 22.0. The van der Waals surface area contributed by atoms with Crippen molar-refractivity contribution in [3.63, 3.8) is 0 Å². The summed E-state index contributed by atoms with van der Waals surface area (Å²) in [5.41, 5.74) is 7.52. The van der Waals surface area contributed by atoms with Crippen LogP contribution in [0.25, 0.3) is 22.9 Å². The molecule has 156 valence electrons. The van der Waals surface area contributed by atoms with Crippen LogP contribution in [0.3, 0.4) is 0 Å². The first-order valence-electron chi connectivity index (χ1n) is 11.1. The predicted molar refractivity (Wildman–Crippen MR) is 143 cm³/mol. The Morgan fingerprint density at radius 2 is 1.27 bits per heavy atom. The highest BCUT2D eigenvalue weighted by molar-refractivity contribution is 9.10. The summed E-state index contributed by atoms with van der Waals surface area (Å²) in [5.74, 6) is 0. The van der Waals surface area contributed by atoms with Crippen LogP contribution >= 0.6 is 27.7 Å². The number of fused-ring (bicyclic) bond motifs is 10. The van der Waals surface area contributed by atoms with E-state index in [0.29, 0.717) is 0 Å². The van der Waals surface area contributed by atoms with E-state index in [1.807, 2.05) is 11.8 Å². The summed E-state index contributed by atoms with van der Waals surface area (Å²) < 4.78 is 1.10. The van der Waals surface area contributed by atoms with Gasteiger partial charge < -0.3 is 0 Å². The van der Waals surface area contributed by atoms with Gasteiger partial charge in [-0.05, 0) is 62.4 Å². The standard InChI is InChI=1S/C31H19BrS/c32-23-16-18-26-22(19-23)14-13-21-8-2-4-10-25(21)31(26)27-11-5-6-12-29(27)33-30-24-9-3-1-7-20(24)15-17-28(30)31/h1-19H. The molecule has 7 rings (SSSR count). The number of hydrogen-bond donors (Lipinski definition) is 0. The molecule has 5 aromatic carbocycles. The Bertz CT molecular complexity index is 1610. The molecule has 5 aromatic rings. The fraction of sp³-hybridized carbons (Fsp3) is 0.0323. The second kappa shape index (κ2) is 7.21. The molecular weight excluding hydrogens is 484 g/mol. The molecule has 0 N–H and O–H groups in total. The maximum absolute atomic E-state index is 3.72. The van der Waals surface area contributed by atoms with Crippen molar-refractivity contribution in [2.75, 3.05) is 0 Å². The first kappa shape index (κ1) is 19.4. The van der Waals surface area contributed by atoms with Crippen molar-refractivity contribution in [2.45, 2.75) is 15.2 Å². The van der Waals surface area contributed by atoms with E-state index in [9.17, 15) is 0 Å². The van der Waals surface area contributed by atoms with Crippen molar-refractivity contribution in [1.29, 1.82) is 0 Å². The molecule has 1 heterocycles. The van der Waals surface area contributed by atoms with Crippen LogP contribution in [0.15, 0.2) is 117 Å². The second-order valence-electron chi connectivity index (χ2n) is 8.66. The second-order valence-corrected chi connectivity index (χ2v) is 10.6. The van der Waals surface area contributed by atoms with Crippen molar-refractivity contribution in [2.24, 2.45) is 0 Å². The smallest absolute Gasteiger partial charge is 0.0735 e. The molecule has 2 heteroatoms. The largest absolute Gasteiger partial charge is 0.0888 e. The monoisotopic (exact) mass is 502 g/mol. The van der Waals surface area contributed by atoms with Gasteiger partial charge in [-0.3, -0.25) is 0 Å². The molecule has 0 bridgehead atoms. The minimum atomic E-state index is -0.392. The van der Waals surface area contributed by atoms with Crippen molar-refractivity contribution in [1.82, 2.24) is 0 Å². The number of rotatable bonds is 0. The van der Waals surface area contributed by atoms with Crippen LogP contribution in [0.1, 0.15) is 33.4 Å². The van der Waals surface area contributed by atoms with E-state index in [1.54, 1.807) is 0 Å². The summed E-state index contributed by atoms with van der Waals surface area (Å²) in [4.78, 5) is 2.68. The fourth-order valence-electron chi connectivity index (χ4n) is 5.67. The van der Waals surface area contributed by atoms with Crippen molar-refractivity contribution < 1.29 is 0 Å². The molecule has 0 nitrogen and oxygen atoms in total. The van der Waals surface area contributed by atoms with Crippen LogP contribution in [-0.2, 0) is 5.41 Å². The van der Waals surface area contributed by atoms with Crippen LogP contribution in [0, 0.1) is 0 Å². The van der Waals surface area contributed by atoms with E-state index in [-0.39, 0.29) is 0 Å². The molecule has 0 aromatic heterocycles. The minimum Gasteiger partial charge on any atom is -0.0888 e. The third kappa shape index (κ3) is 2.65. The number of hydrogen-bond acceptors (Lipinski definition) is 1. The Morgan fingerprint density at radius 3 is 2.21 bits per heavy atom. The summed E-state index contributed by atoms with van der Waals surface area (Å²) in [6, 6.07) is 38.1. The number of benzene rings is 5. The maximum Gasteiger partial charge on any atom is 0.0735 e. The van der Waals surface area contributed by atoms with Crippen molar-refractivity contribution in [3.8, 4) is 0 Å². The molecule has 1 unspecified atom stereocenters. The highest BCUT2D eigenvalue weighted by Gasteiger charge is 2.47. The Balaban J connectivity index is 1.74. The third-order valence-corrected chi connectivity index (χ3v) is 8.72. The van der Waals surface area contributed by atoms with Gasteiger partial charge in [0.1, 0.15) is 0 Å². The third-order valence-electron chi connectivity index (χ3n) is 7.01. The molecule has 0 saturated heterocycles. The summed E-state index contributed by atoms with van der Waals surface area (Å²) in [5, 5.41) is 2.61. The zero-order valence-electron chi connectivity index (χ0n) is 17.8. The summed E-state index contributed by atoms with van der Waals surface area (Å²) in [6.45, 7) is 0. The lowest BCUT2D eigenvalue weighted by molar-refractivity contribution is 0.704. The Hall–Kier alpha value is -3.07. The zero-order valence-corrected chi connectivity index (χ0v) is 20.2. The lowest BCUT2D eigenvalue weighted by Crippen LogP contribution is -2.35. The van der Waals surface area contributed by atoms with Crippen molar-refractivity contribution >= 4 is 50.6 Å². The van der Waals surface area contributed by atoms with Gasteiger partial charge in [0.2, 0.25) is 0 Å². The fourth-order valence-corrected chi connectivity index (χ4v) is 7.37. The SMILES string of the molecule is Brc1ccc2c(c1)C=Cc1ccccc1C21c2ccccc2Sc2c1ccc1ccccc21. The normalized spacial score (nSPS) is 17.7. The minimum absolute atomic E-state index is 0.392. The van der Waals surface area contributed by atoms with Gasteiger partial charge in [-0.2, -0.15) is 0 Å². The molecule has 0 amide bonds. The van der Waals surface area contributed by atoms with Crippen molar-refractivity contribution in [3.05, 3.63) is 141 Å². The lowest BCUT2D eigenvalue weighted by atomic mass is 9.63. The molecular formula is C31H19BrS. The van der Waals surface area contributed by atoms with Gasteiger partial charge in [0.05, 0.1) is 5.41 Å². The van der Waals surface area contributed by atoms with Crippen LogP contribution < -0.4 is 0 Å². The van der Waals surface area contributed by atoms with E-state index in [4.69, 9.17) is 0 Å². The molecule has 1 spiro atoms. The van der Waals surface area contributed by atoms with Gasteiger partial charge in [0.25, 0.3) is 0 Å². The van der Waals surface area contributed by atoms with E-state index in [2.05, 4.69) is 131 Å². The average molecular weight is 503 g/mol. The van der Waals surface area contributed by atoms with Crippen LogP contribution in [0.5, 0.6) is 0 Å². The molecule has 33 heavy (non-hydrogen) atoms. The Morgan fingerprint density at radius 1 is 0.576 bits per heavy atom. The highest BCUT2D eigenvalue weighted by Crippen LogP contribution is 2.59. The first-order valence-corrected chi connectivity index (χ1v) is 12.7. The van der Waals surface area contributed by atoms with Gasteiger partial charge in [-0.25, -0.2) is 0 Å². The summed E-state index contributed by atoms with van der Waals surface area (Å²) in [7, 11) is 0. The first-order chi connectivity index (χ1) is 16.3. The van der Waals surface area contributed by atoms with Gasteiger partial charge in [0, 0.05) is 14.3 Å². The lowest BCUT2D eigenvalue weighted by Gasteiger charge is -2.43. The Kier molecular flexibility index (Phi) is 4.24. The molecule has 0 fully saturated rings. The van der Waals surface area contributed by atoms with Crippen LogP contribution in [0.2, 0.25) is 0 Å². The molecule has 1 aliphatic heterocycles. The quantitative estimate of drug-likeness (QED) is 0.199. The number of halogens is 1. The average Bonchev–Trinajstić information content (AvgIpc) is 3.00. The van der Waals surface area contributed by atoms with Crippen LogP contribution in [-0.4, -0.2) is 0 Å². The summed E-state index contributed by atoms with van der Waals surface area (Å²) in [6.07, 6.45) is 4.55.